The third kappa shape index (κ3) is 2.97. The monoisotopic (exact) mass is 298 g/mol. The van der Waals surface area contributed by atoms with Crippen LogP contribution in [0.25, 0.3) is 0 Å². The molecule has 5 nitrogen and oxygen atoms in total. The zero-order valence-corrected chi connectivity index (χ0v) is 12.5. The molecule has 0 saturated heterocycles. The van der Waals surface area contributed by atoms with Gasteiger partial charge in [-0.1, -0.05) is 25.3 Å². The molecule has 1 fully saturated rings. The van der Waals surface area contributed by atoms with Crippen LogP contribution in [0.3, 0.4) is 0 Å². The molecule has 1 aliphatic rings. The lowest BCUT2D eigenvalue weighted by molar-refractivity contribution is 0.142. The van der Waals surface area contributed by atoms with Crippen LogP contribution in [0.2, 0.25) is 0 Å². The zero-order chi connectivity index (χ0) is 14.8. The minimum atomic E-state index is -3.67. The number of rotatable bonds is 4. The highest BCUT2D eigenvalue weighted by Gasteiger charge is 2.36. The third-order valence-electron chi connectivity index (χ3n) is 4.08. The van der Waals surface area contributed by atoms with Gasteiger partial charge in [-0.15, -0.1) is 0 Å². The van der Waals surface area contributed by atoms with Crippen molar-refractivity contribution in [2.45, 2.75) is 49.5 Å². The summed E-state index contributed by atoms with van der Waals surface area (Å²) in [5, 5.41) is 9.62. The quantitative estimate of drug-likeness (QED) is 0.735. The van der Waals surface area contributed by atoms with Crippen molar-refractivity contribution in [3.63, 3.8) is 0 Å². The lowest BCUT2D eigenvalue weighted by atomic mass is 9.83. The molecule has 0 unspecified atom stereocenters. The summed E-state index contributed by atoms with van der Waals surface area (Å²) in [5.74, 6) is 0. The highest BCUT2D eigenvalue weighted by Crippen LogP contribution is 2.30. The van der Waals surface area contributed by atoms with E-state index in [4.69, 9.17) is 5.73 Å². The molecular formula is C14H22N2O3S. The van der Waals surface area contributed by atoms with Crippen molar-refractivity contribution >= 4 is 15.7 Å². The molecule has 2 rings (SSSR count). The van der Waals surface area contributed by atoms with E-state index in [9.17, 15) is 13.5 Å². The van der Waals surface area contributed by atoms with E-state index in [1.807, 2.05) is 0 Å². The summed E-state index contributed by atoms with van der Waals surface area (Å²) in [7, 11) is -3.67. The largest absolute Gasteiger partial charge is 0.398 e. The first kappa shape index (κ1) is 15.3. The molecule has 0 amide bonds. The Balaban J connectivity index is 2.33. The lowest BCUT2D eigenvalue weighted by Gasteiger charge is -2.36. The molecule has 4 N–H and O–H groups in total. The minimum absolute atomic E-state index is 0.173. The molecule has 6 heteroatoms. The van der Waals surface area contributed by atoms with E-state index in [2.05, 4.69) is 4.72 Å². The van der Waals surface area contributed by atoms with Gasteiger partial charge in [0.25, 0.3) is 0 Å². The van der Waals surface area contributed by atoms with Gasteiger partial charge in [-0.05, 0) is 37.5 Å². The SMILES string of the molecule is Cc1c(N)cccc1S(=O)(=O)NC1(CO)CCCCC1. The van der Waals surface area contributed by atoms with Crippen molar-refractivity contribution < 1.29 is 13.5 Å². The summed E-state index contributed by atoms with van der Waals surface area (Å²) in [5.41, 5.74) is 6.04. The van der Waals surface area contributed by atoms with Crippen molar-refractivity contribution in [2.75, 3.05) is 12.3 Å². The van der Waals surface area contributed by atoms with Crippen molar-refractivity contribution in [1.29, 1.82) is 0 Å². The molecule has 0 bridgehead atoms. The van der Waals surface area contributed by atoms with Gasteiger partial charge in [-0.2, -0.15) is 0 Å². The number of nitrogens with one attached hydrogen (secondary N) is 1. The third-order valence-corrected chi connectivity index (χ3v) is 5.80. The number of benzene rings is 1. The second-order valence-corrected chi connectivity index (χ2v) is 7.23. The summed E-state index contributed by atoms with van der Waals surface area (Å²) in [6.07, 6.45) is 4.28. The van der Waals surface area contributed by atoms with E-state index in [-0.39, 0.29) is 11.5 Å². The molecule has 0 atom stereocenters. The second-order valence-electron chi connectivity index (χ2n) is 5.57. The first-order valence-electron chi connectivity index (χ1n) is 6.90. The standard InChI is InChI=1S/C14H22N2O3S/c1-11-12(15)6-5-7-13(11)20(18,19)16-14(10-17)8-3-2-4-9-14/h5-7,16-17H,2-4,8-10,15H2,1H3. The van der Waals surface area contributed by atoms with Crippen LogP contribution < -0.4 is 10.5 Å². The summed E-state index contributed by atoms with van der Waals surface area (Å²) in [6, 6.07) is 4.85. The van der Waals surface area contributed by atoms with Crippen LogP contribution in [0.4, 0.5) is 5.69 Å². The zero-order valence-electron chi connectivity index (χ0n) is 11.7. The highest BCUT2D eigenvalue weighted by molar-refractivity contribution is 7.89. The van der Waals surface area contributed by atoms with E-state index < -0.39 is 15.6 Å². The number of nitrogens with two attached hydrogens (primary N) is 1. The van der Waals surface area contributed by atoms with Gasteiger partial charge in [-0.25, -0.2) is 13.1 Å². The van der Waals surface area contributed by atoms with Gasteiger partial charge in [0.1, 0.15) is 0 Å². The number of nitrogen functional groups attached to an aromatic ring is 1. The van der Waals surface area contributed by atoms with Crippen molar-refractivity contribution in [3.05, 3.63) is 23.8 Å². The topological polar surface area (TPSA) is 92.4 Å². The lowest BCUT2D eigenvalue weighted by Crippen LogP contribution is -2.52. The van der Waals surface area contributed by atoms with Gasteiger partial charge in [-0.3, -0.25) is 0 Å². The van der Waals surface area contributed by atoms with Crippen LogP contribution in [0.15, 0.2) is 23.1 Å². The van der Waals surface area contributed by atoms with Crippen LogP contribution in [-0.4, -0.2) is 25.7 Å². The Morgan fingerprint density at radius 2 is 1.95 bits per heavy atom. The Labute approximate surface area is 120 Å². The average Bonchev–Trinajstić information content (AvgIpc) is 2.42. The molecule has 0 heterocycles. The average molecular weight is 298 g/mol. The van der Waals surface area contributed by atoms with Crippen LogP contribution in [0.1, 0.15) is 37.7 Å². The summed E-state index contributed by atoms with van der Waals surface area (Å²) >= 11 is 0. The Hall–Kier alpha value is -1.11. The fourth-order valence-electron chi connectivity index (χ4n) is 2.78. The van der Waals surface area contributed by atoms with E-state index >= 15 is 0 Å². The van der Waals surface area contributed by atoms with E-state index in [0.29, 0.717) is 24.1 Å². The number of aliphatic hydroxyl groups is 1. The normalized spacial score (nSPS) is 18.9. The van der Waals surface area contributed by atoms with Crippen molar-refractivity contribution in [3.8, 4) is 0 Å². The van der Waals surface area contributed by atoms with Crippen LogP contribution in [0.5, 0.6) is 0 Å². The molecule has 0 aromatic heterocycles. The molecule has 0 radical (unpaired) electrons. The Morgan fingerprint density at radius 1 is 1.30 bits per heavy atom. The van der Waals surface area contributed by atoms with E-state index in [1.165, 1.54) is 0 Å². The van der Waals surface area contributed by atoms with Gasteiger partial charge < -0.3 is 10.8 Å². The fraction of sp³-hybridized carbons (Fsp3) is 0.571. The van der Waals surface area contributed by atoms with Crippen molar-refractivity contribution in [1.82, 2.24) is 4.72 Å². The molecule has 1 aromatic rings. The molecule has 1 aliphatic carbocycles. The molecule has 20 heavy (non-hydrogen) atoms. The predicted octanol–water partition coefficient (Wildman–Crippen LogP) is 1.55. The number of aliphatic hydroxyl groups excluding tert-OH is 1. The number of sulfonamides is 1. The van der Waals surface area contributed by atoms with Gasteiger partial charge in [0, 0.05) is 5.69 Å². The molecule has 0 spiro atoms. The molecule has 1 aromatic carbocycles. The molecular weight excluding hydrogens is 276 g/mol. The summed E-state index contributed by atoms with van der Waals surface area (Å²) < 4.78 is 27.8. The van der Waals surface area contributed by atoms with Gasteiger partial charge >= 0.3 is 0 Å². The summed E-state index contributed by atoms with van der Waals surface area (Å²) in [6.45, 7) is 1.52. The van der Waals surface area contributed by atoms with Gasteiger partial charge in [0.2, 0.25) is 10.0 Å². The van der Waals surface area contributed by atoms with Crippen LogP contribution in [-0.2, 0) is 10.0 Å². The fourth-order valence-corrected chi connectivity index (χ4v) is 4.51. The first-order chi connectivity index (χ1) is 9.40. The summed E-state index contributed by atoms with van der Waals surface area (Å²) in [4.78, 5) is 0.191. The van der Waals surface area contributed by atoms with Crippen LogP contribution >= 0.6 is 0 Å². The Bertz CT molecular complexity index is 578. The number of anilines is 1. The maximum atomic E-state index is 12.6. The maximum Gasteiger partial charge on any atom is 0.241 e. The smallest absolute Gasteiger partial charge is 0.241 e. The van der Waals surface area contributed by atoms with E-state index in [1.54, 1.807) is 25.1 Å². The highest BCUT2D eigenvalue weighted by atomic mass is 32.2. The van der Waals surface area contributed by atoms with Crippen molar-refractivity contribution in [2.24, 2.45) is 0 Å². The molecule has 1 saturated carbocycles. The number of hydrogen-bond donors (Lipinski definition) is 3. The number of hydrogen-bond acceptors (Lipinski definition) is 4. The Kier molecular flexibility index (Phi) is 4.36. The molecule has 112 valence electrons. The van der Waals surface area contributed by atoms with Gasteiger partial charge in [0.05, 0.1) is 17.0 Å². The predicted molar refractivity (Wildman–Crippen MR) is 78.8 cm³/mol. The maximum absolute atomic E-state index is 12.6. The first-order valence-corrected chi connectivity index (χ1v) is 8.38. The minimum Gasteiger partial charge on any atom is -0.398 e. The van der Waals surface area contributed by atoms with E-state index in [0.717, 1.165) is 19.3 Å². The Morgan fingerprint density at radius 3 is 2.55 bits per heavy atom. The van der Waals surface area contributed by atoms with Crippen LogP contribution in [0, 0.1) is 6.92 Å². The molecule has 0 aliphatic heterocycles. The van der Waals surface area contributed by atoms with Gasteiger partial charge in [0.15, 0.2) is 0 Å². The second kappa shape index (κ2) is 5.71.